The molecule has 1 amide bonds. The number of benzene rings is 1. The number of hydrogen-bond donors (Lipinski definition) is 13. The van der Waals surface area contributed by atoms with E-state index in [1.807, 2.05) is 19.1 Å². The fraction of sp³-hybridized carbons (Fsp3) is 0.596. The molecule has 5 rings (SSSR count). The van der Waals surface area contributed by atoms with Gasteiger partial charge in [-0.2, -0.15) is 0 Å². The third-order valence-corrected chi connectivity index (χ3v) is 14.8. The molecule has 1 aromatic rings. The second-order valence-corrected chi connectivity index (χ2v) is 21.2. The van der Waals surface area contributed by atoms with E-state index in [4.69, 9.17) is 23.6 Å². The van der Waals surface area contributed by atoms with Gasteiger partial charge in [0.25, 0.3) is 0 Å². The number of aliphatic hydroxyl groups is 10. The van der Waals surface area contributed by atoms with E-state index >= 15 is 0 Å². The van der Waals surface area contributed by atoms with Crippen molar-refractivity contribution in [2.45, 2.75) is 196 Å². The minimum atomic E-state index is -2.40. The van der Waals surface area contributed by atoms with E-state index in [9.17, 15) is 75.6 Å². The van der Waals surface area contributed by atoms with Crippen LogP contribution in [0.1, 0.15) is 96.6 Å². The molecule has 4 heterocycles. The van der Waals surface area contributed by atoms with Crippen LogP contribution in [-0.4, -0.2) is 184 Å². The van der Waals surface area contributed by atoms with Gasteiger partial charge >= 0.3 is 19.1 Å². The summed E-state index contributed by atoms with van der Waals surface area (Å²) in [6.45, 7) is 6.91. The highest BCUT2D eigenvalue weighted by molar-refractivity contribution is 6.62. The molecule has 22 heteroatoms. The van der Waals surface area contributed by atoms with Crippen molar-refractivity contribution in [3.05, 3.63) is 114 Å². The molecule has 0 radical (unpaired) electrons. The molecule has 0 aliphatic carbocycles. The molecule has 2 bridgehead atoms. The van der Waals surface area contributed by atoms with E-state index in [1.54, 1.807) is 98.9 Å². The van der Waals surface area contributed by atoms with Crippen LogP contribution in [-0.2, 0) is 51.0 Å². The molecule has 4 aliphatic rings. The van der Waals surface area contributed by atoms with Gasteiger partial charge in [-0.25, -0.2) is 0 Å². The molecule has 0 unspecified atom stereocenters. The van der Waals surface area contributed by atoms with Crippen molar-refractivity contribution in [3.63, 3.8) is 0 Å². The third kappa shape index (κ3) is 20.0. The summed E-state index contributed by atoms with van der Waals surface area (Å²) in [5, 5.41) is 134. The van der Waals surface area contributed by atoms with Crippen LogP contribution >= 0.6 is 0 Å². The number of nitrogens with one attached hydrogen (secondary N) is 1. The Kier molecular flexibility index (Phi) is 25.9. The molecule has 2 fully saturated rings. The molecule has 0 aromatic heterocycles. The highest BCUT2D eigenvalue weighted by atomic mass is 16.7. The number of fused-ring (bicyclic) bond motifs is 3. The van der Waals surface area contributed by atoms with Gasteiger partial charge in [-0.05, 0) is 56.1 Å². The molecule has 13 N–H and O–H groups in total. The second kappa shape index (κ2) is 31.5. The molecule has 19 atom stereocenters. The first-order chi connectivity index (χ1) is 37.5. The molecule has 0 saturated carbocycles. The Bertz CT molecular complexity index is 2320. The molecule has 438 valence electrons. The summed E-state index contributed by atoms with van der Waals surface area (Å²) in [4.78, 5) is 38.8. The number of ether oxygens (including phenoxy) is 4. The van der Waals surface area contributed by atoms with E-state index in [0.29, 0.717) is 11.0 Å². The van der Waals surface area contributed by atoms with Crippen molar-refractivity contribution in [2.75, 3.05) is 0 Å². The van der Waals surface area contributed by atoms with Crippen LogP contribution in [0, 0.1) is 17.8 Å². The van der Waals surface area contributed by atoms with E-state index in [0.717, 1.165) is 5.56 Å². The van der Waals surface area contributed by atoms with Gasteiger partial charge in [0.2, 0.25) is 5.91 Å². The summed E-state index contributed by atoms with van der Waals surface area (Å²) in [7, 11) is -1.14. The average molecular weight is 1110 g/mol. The maximum atomic E-state index is 13.4. The topological polar surface area (TPSA) is 352 Å². The van der Waals surface area contributed by atoms with Crippen molar-refractivity contribution in [3.8, 4) is 0 Å². The molecule has 79 heavy (non-hydrogen) atoms. The lowest BCUT2D eigenvalue weighted by molar-refractivity contribution is -0.309. The molecular weight excluding hydrogens is 1030 g/mol. The summed E-state index contributed by atoms with van der Waals surface area (Å²) in [6.07, 6.45) is 1.78. The summed E-state index contributed by atoms with van der Waals surface area (Å²) < 4.78 is 29.0. The van der Waals surface area contributed by atoms with Crippen LogP contribution in [0.2, 0.25) is 0 Å². The van der Waals surface area contributed by atoms with Gasteiger partial charge in [-0.3, -0.25) is 14.4 Å². The number of carbonyl (C=O) groups is 3. The lowest BCUT2D eigenvalue weighted by Crippen LogP contribution is -2.64. The maximum Gasteiger partial charge on any atom is 0.492 e. The van der Waals surface area contributed by atoms with E-state index in [-0.39, 0.29) is 44.6 Å². The van der Waals surface area contributed by atoms with E-state index in [2.05, 4.69) is 5.32 Å². The number of rotatable bonds is 7. The van der Waals surface area contributed by atoms with Gasteiger partial charge in [0.05, 0.1) is 80.1 Å². The van der Waals surface area contributed by atoms with E-state index in [1.165, 1.54) is 13.0 Å². The number of esters is 1. The minimum Gasteiger partial charge on any atom is -0.481 e. The highest BCUT2D eigenvalue weighted by Gasteiger charge is 2.51. The van der Waals surface area contributed by atoms with Crippen LogP contribution in [0.25, 0.3) is 0 Å². The molecule has 1 aromatic carbocycles. The summed E-state index contributed by atoms with van der Waals surface area (Å²) >= 11 is 0. The third-order valence-electron chi connectivity index (χ3n) is 14.8. The van der Waals surface area contributed by atoms with Crippen molar-refractivity contribution in [1.29, 1.82) is 0 Å². The molecular formula is C57H82BNO20. The van der Waals surface area contributed by atoms with Crippen LogP contribution in [0.5, 0.6) is 0 Å². The molecule has 0 spiro atoms. The number of aliphatic hydroxyl groups excluding tert-OH is 9. The SMILES string of the molecule is C[C@@H]1[C@H](O)[C@@H](C)C=CC=CC=CC=CC=CC=CC=C[C@H](O[C@@H]2O[C@H](C)[C@@H](O)[C@H](NC(=O)CCc3cccc4c3B(O)OC4)[C@@H]2O)C[C@@H]2O[C@](O)(C[C@@H](O)C[C@@H](O)[C@H](O)CC[C@@H](O)C[C@@H](O)CC(=O)O[C@H]1C)C[C@H](O)[C@H]2C(=O)O. The van der Waals surface area contributed by atoms with Gasteiger partial charge in [0, 0.05) is 43.9 Å². The zero-order chi connectivity index (χ0) is 58.0. The fourth-order valence-corrected chi connectivity index (χ4v) is 10.2. The number of cyclic esters (lactones) is 1. The zero-order valence-corrected chi connectivity index (χ0v) is 45.2. The van der Waals surface area contributed by atoms with Crippen LogP contribution in [0.15, 0.2) is 103 Å². The van der Waals surface area contributed by atoms with E-state index < -0.39 is 166 Å². The molecule has 21 nitrogen and oxygen atoms in total. The minimum absolute atomic E-state index is 0.0915. The normalized spacial score (nSPS) is 37.3. The second-order valence-electron chi connectivity index (χ2n) is 21.2. The van der Waals surface area contributed by atoms with Crippen LogP contribution < -0.4 is 10.8 Å². The number of hydrogen-bond acceptors (Lipinski definition) is 19. The number of carboxylic acids is 1. The van der Waals surface area contributed by atoms with Gasteiger partial charge in [-0.1, -0.05) is 117 Å². The van der Waals surface area contributed by atoms with Crippen molar-refractivity contribution in [1.82, 2.24) is 5.32 Å². The first-order valence-electron chi connectivity index (χ1n) is 27.1. The average Bonchev–Trinajstić information content (AvgIpc) is 3.81. The summed E-state index contributed by atoms with van der Waals surface area (Å²) in [6, 6.07) is 4.05. The number of allylic oxidation sites excluding steroid dienone is 12. The largest absolute Gasteiger partial charge is 0.492 e. The molecule has 2 saturated heterocycles. The molecule has 4 aliphatic heterocycles. The number of aryl methyl sites for hydroxylation is 1. The lowest BCUT2D eigenvalue weighted by atomic mass is 9.75. The fourth-order valence-electron chi connectivity index (χ4n) is 10.2. The first kappa shape index (κ1) is 65.1. The smallest absolute Gasteiger partial charge is 0.481 e. The Labute approximate surface area is 461 Å². The van der Waals surface area contributed by atoms with Gasteiger partial charge in [-0.15, -0.1) is 0 Å². The highest BCUT2D eigenvalue weighted by Crippen LogP contribution is 2.38. The Morgan fingerprint density at radius 3 is 2.00 bits per heavy atom. The Morgan fingerprint density at radius 2 is 1.35 bits per heavy atom. The summed E-state index contributed by atoms with van der Waals surface area (Å²) in [5.74, 6) is -7.62. The predicted octanol–water partition coefficient (Wildman–Crippen LogP) is 0.720. The first-order valence-corrected chi connectivity index (χ1v) is 27.1. The standard InChI is InChI=1S/C57H82BNO20/c1-33-18-15-13-11-9-7-5-6-8-10-12-14-16-21-42(78-56-54(70)51(53(69)36(4)77-56)59-47(66)25-22-37-19-17-20-38-32-75-58(74)50(37)38)29-46-49(55(71)72)45(65)31-57(73,79-46)30-41(62)27-44(64)43(63)24-23-39(60)26-40(61)28-48(67)76-35(3)34(2)52(33)68/h5-21,33-36,39-46,49,51-54,56,60-65,68-70,73-74H,22-32H2,1-4H3,(H,59,66)(H,71,72)/t33-,34-,35-,36+,39+,40+,41-,42-,43+,44+,45-,46-,49+,51-,52+,53+,54-,56-,57+/m0/s1. The van der Waals surface area contributed by atoms with Crippen molar-refractivity contribution in [2.24, 2.45) is 17.8 Å². The van der Waals surface area contributed by atoms with Crippen molar-refractivity contribution < 1.29 is 99.2 Å². The lowest BCUT2D eigenvalue weighted by Gasteiger charge is -2.45. The van der Waals surface area contributed by atoms with Gasteiger partial charge in [0.1, 0.15) is 24.2 Å². The predicted molar refractivity (Wildman–Crippen MR) is 288 cm³/mol. The maximum absolute atomic E-state index is 13.4. The number of carboxylic acid groups (broad SMARTS) is 1. The van der Waals surface area contributed by atoms with Crippen LogP contribution in [0.3, 0.4) is 0 Å². The van der Waals surface area contributed by atoms with Crippen molar-refractivity contribution >= 4 is 30.4 Å². The van der Waals surface area contributed by atoms with Gasteiger partial charge < -0.3 is 90.1 Å². The quantitative estimate of drug-likeness (QED) is 0.132. The Balaban J connectivity index is 1.35. The van der Waals surface area contributed by atoms with Crippen LogP contribution in [0.4, 0.5) is 0 Å². The number of aliphatic carboxylic acids is 1. The van der Waals surface area contributed by atoms with Gasteiger partial charge in [0.15, 0.2) is 12.1 Å². The number of carbonyl (C=O) groups excluding carboxylic acids is 2. The Morgan fingerprint density at radius 1 is 0.722 bits per heavy atom. The Hall–Kier alpha value is -4.73. The monoisotopic (exact) mass is 1110 g/mol. The summed E-state index contributed by atoms with van der Waals surface area (Å²) in [5.41, 5.74) is 2.07. The zero-order valence-electron chi connectivity index (χ0n) is 45.2. The number of amides is 1.